The summed E-state index contributed by atoms with van der Waals surface area (Å²) in [6, 6.07) is 20.0. The minimum absolute atomic E-state index is 0.222. The minimum atomic E-state index is -0.222. The third kappa shape index (κ3) is 3.40. The van der Waals surface area contributed by atoms with E-state index in [0.717, 1.165) is 4.70 Å². The Kier molecular flexibility index (Phi) is 4.56. The van der Waals surface area contributed by atoms with Gasteiger partial charge in [0.15, 0.2) is 0 Å². The number of aromatic nitrogens is 1. The summed E-state index contributed by atoms with van der Waals surface area (Å²) in [6.07, 6.45) is 0. The van der Waals surface area contributed by atoms with E-state index in [4.69, 9.17) is 16.3 Å². The number of amides is 1. The van der Waals surface area contributed by atoms with Crippen LogP contribution in [0.4, 0.5) is 5.69 Å². The van der Waals surface area contributed by atoms with Crippen LogP contribution in [0, 0.1) is 0 Å². The van der Waals surface area contributed by atoms with Gasteiger partial charge >= 0.3 is 0 Å². The second-order valence-corrected chi connectivity index (χ2v) is 6.78. The summed E-state index contributed by atoms with van der Waals surface area (Å²) >= 11 is 7.57. The normalized spacial score (nSPS) is 10.7. The molecule has 128 valence electrons. The van der Waals surface area contributed by atoms with Crippen LogP contribution in [-0.2, 0) is 0 Å². The predicted molar refractivity (Wildman–Crippen MR) is 106 cm³/mol. The first-order valence-electron chi connectivity index (χ1n) is 7.87. The number of hydrogen-bond acceptors (Lipinski definition) is 4. The lowest BCUT2D eigenvalue weighted by Gasteiger charge is -2.09. The van der Waals surface area contributed by atoms with Crippen LogP contribution in [0.1, 0.15) is 10.4 Å². The molecule has 4 nitrogen and oxygen atoms in total. The summed E-state index contributed by atoms with van der Waals surface area (Å²) < 4.78 is 6.64. The van der Waals surface area contributed by atoms with Crippen molar-refractivity contribution in [1.29, 1.82) is 0 Å². The third-order valence-corrected chi connectivity index (χ3v) is 4.92. The summed E-state index contributed by atoms with van der Waals surface area (Å²) in [6.45, 7) is 0. The van der Waals surface area contributed by atoms with Crippen LogP contribution in [0.2, 0.25) is 5.02 Å². The van der Waals surface area contributed by atoms with Crippen LogP contribution in [-0.4, -0.2) is 10.9 Å². The van der Waals surface area contributed by atoms with E-state index in [1.54, 1.807) is 35.8 Å². The van der Waals surface area contributed by atoms with E-state index >= 15 is 0 Å². The number of benzene rings is 3. The summed E-state index contributed by atoms with van der Waals surface area (Å²) in [7, 11) is 0. The van der Waals surface area contributed by atoms with Crippen molar-refractivity contribution in [3.8, 4) is 11.5 Å². The zero-order valence-electron chi connectivity index (χ0n) is 13.5. The van der Waals surface area contributed by atoms with Gasteiger partial charge in [0.05, 0.1) is 20.9 Å². The van der Waals surface area contributed by atoms with Gasteiger partial charge in [-0.25, -0.2) is 4.98 Å². The van der Waals surface area contributed by atoms with Crippen molar-refractivity contribution in [1.82, 2.24) is 4.98 Å². The molecule has 0 saturated carbocycles. The molecule has 0 unspecified atom stereocenters. The van der Waals surface area contributed by atoms with E-state index in [2.05, 4.69) is 10.3 Å². The average molecular weight is 381 g/mol. The molecule has 4 rings (SSSR count). The van der Waals surface area contributed by atoms with Gasteiger partial charge in [-0.3, -0.25) is 4.79 Å². The Hall–Kier alpha value is -2.89. The molecule has 0 spiro atoms. The molecule has 6 heteroatoms. The maximum atomic E-state index is 12.7. The zero-order chi connectivity index (χ0) is 17.9. The van der Waals surface area contributed by atoms with Crippen LogP contribution in [0.25, 0.3) is 10.2 Å². The third-order valence-electron chi connectivity index (χ3n) is 3.76. The molecular weight excluding hydrogens is 368 g/mol. The van der Waals surface area contributed by atoms with E-state index in [9.17, 15) is 4.79 Å². The molecule has 0 fully saturated rings. The van der Waals surface area contributed by atoms with Gasteiger partial charge in [-0.2, -0.15) is 0 Å². The van der Waals surface area contributed by atoms with Crippen LogP contribution < -0.4 is 10.1 Å². The quantitative estimate of drug-likeness (QED) is 0.472. The lowest BCUT2D eigenvalue weighted by atomic mass is 10.2. The number of carbonyl (C=O) groups excluding carboxylic acids is 1. The highest BCUT2D eigenvalue weighted by Crippen LogP contribution is 2.32. The Morgan fingerprint density at radius 3 is 2.65 bits per heavy atom. The van der Waals surface area contributed by atoms with Crippen molar-refractivity contribution >= 4 is 44.7 Å². The Labute approximate surface area is 159 Å². The molecule has 1 aromatic heterocycles. The molecule has 0 aliphatic heterocycles. The first kappa shape index (κ1) is 16.6. The van der Waals surface area contributed by atoms with Crippen LogP contribution in [0.3, 0.4) is 0 Å². The minimum Gasteiger partial charge on any atom is -0.457 e. The molecule has 0 saturated heterocycles. The average Bonchev–Trinajstić information content (AvgIpc) is 3.16. The van der Waals surface area contributed by atoms with Gasteiger partial charge in [-0.05, 0) is 42.5 Å². The molecule has 1 heterocycles. The highest BCUT2D eigenvalue weighted by molar-refractivity contribution is 7.17. The van der Waals surface area contributed by atoms with Crippen molar-refractivity contribution in [2.24, 2.45) is 0 Å². The van der Waals surface area contributed by atoms with E-state index in [1.165, 1.54) is 11.3 Å². The number of carbonyl (C=O) groups is 1. The number of halogens is 1. The smallest absolute Gasteiger partial charge is 0.255 e. The molecule has 0 bridgehead atoms. The molecule has 26 heavy (non-hydrogen) atoms. The Balaban J connectivity index is 1.57. The highest BCUT2D eigenvalue weighted by Gasteiger charge is 2.12. The van der Waals surface area contributed by atoms with E-state index in [-0.39, 0.29) is 5.91 Å². The molecule has 1 N–H and O–H groups in total. The number of thiazole rings is 1. The fraction of sp³-hybridized carbons (Fsp3) is 0. The fourth-order valence-corrected chi connectivity index (χ4v) is 3.58. The Morgan fingerprint density at radius 2 is 1.81 bits per heavy atom. The largest absolute Gasteiger partial charge is 0.457 e. The van der Waals surface area contributed by atoms with E-state index < -0.39 is 0 Å². The van der Waals surface area contributed by atoms with E-state index in [1.807, 2.05) is 36.4 Å². The van der Waals surface area contributed by atoms with Gasteiger partial charge in [-0.1, -0.05) is 35.9 Å². The molecule has 0 atom stereocenters. The molecule has 4 aromatic rings. The molecule has 0 aliphatic rings. The van der Waals surface area contributed by atoms with Crippen LogP contribution >= 0.6 is 22.9 Å². The second-order valence-electron chi connectivity index (χ2n) is 5.52. The summed E-state index contributed by atoms with van der Waals surface area (Å²) in [5, 5.41) is 3.49. The molecule has 1 amide bonds. The first-order chi connectivity index (χ1) is 12.7. The summed E-state index contributed by atoms with van der Waals surface area (Å²) in [5.74, 6) is 1.09. The Bertz CT molecular complexity index is 1080. The van der Waals surface area contributed by atoms with E-state index in [0.29, 0.717) is 33.3 Å². The number of para-hydroxylation sites is 1. The number of fused-ring (bicyclic) bond motifs is 1. The van der Waals surface area contributed by atoms with Gasteiger partial charge < -0.3 is 10.1 Å². The SMILES string of the molecule is O=C(Nc1ccc(Cl)c2ncsc12)c1cccc(Oc2ccccc2)c1. The van der Waals surface area contributed by atoms with Crippen LogP contribution in [0.5, 0.6) is 11.5 Å². The summed E-state index contributed by atoms with van der Waals surface area (Å²) in [4.78, 5) is 16.9. The van der Waals surface area contributed by atoms with Crippen LogP contribution in [0.15, 0.2) is 72.2 Å². The lowest BCUT2D eigenvalue weighted by Crippen LogP contribution is -2.11. The molecular formula is C20H13ClN2O2S. The number of rotatable bonds is 4. The predicted octanol–water partition coefficient (Wildman–Crippen LogP) is 5.99. The van der Waals surface area contributed by atoms with Gasteiger partial charge in [0, 0.05) is 5.56 Å². The molecule has 0 radical (unpaired) electrons. The summed E-state index contributed by atoms with van der Waals surface area (Å²) in [5.41, 5.74) is 3.59. The second kappa shape index (κ2) is 7.15. The number of nitrogens with one attached hydrogen (secondary N) is 1. The number of hydrogen-bond donors (Lipinski definition) is 1. The number of nitrogens with zero attached hydrogens (tertiary/aromatic N) is 1. The van der Waals surface area contributed by atoms with Gasteiger partial charge in [0.1, 0.15) is 17.0 Å². The fourth-order valence-electron chi connectivity index (χ4n) is 2.54. The van der Waals surface area contributed by atoms with Gasteiger partial charge in [0.2, 0.25) is 0 Å². The van der Waals surface area contributed by atoms with Gasteiger partial charge in [0.25, 0.3) is 5.91 Å². The van der Waals surface area contributed by atoms with Crippen molar-refractivity contribution in [2.75, 3.05) is 5.32 Å². The van der Waals surface area contributed by atoms with Crippen molar-refractivity contribution < 1.29 is 9.53 Å². The molecule has 0 aliphatic carbocycles. The van der Waals surface area contributed by atoms with Gasteiger partial charge in [-0.15, -0.1) is 11.3 Å². The zero-order valence-corrected chi connectivity index (χ0v) is 15.1. The monoisotopic (exact) mass is 380 g/mol. The van der Waals surface area contributed by atoms with Crippen molar-refractivity contribution in [3.05, 3.63) is 82.8 Å². The molecule has 3 aromatic carbocycles. The number of ether oxygens (including phenoxy) is 1. The lowest BCUT2D eigenvalue weighted by molar-refractivity contribution is 0.102. The number of anilines is 1. The topological polar surface area (TPSA) is 51.2 Å². The first-order valence-corrected chi connectivity index (χ1v) is 9.12. The highest BCUT2D eigenvalue weighted by atomic mass is 35.5. The Morgan fingerprint density at radius 1 is 1.00 bits per heavy atom. The maximum absolute atomic E-state index is 12.7. The van der Waals surface area contributed by atoms with Crippen molar-refractivity contribution in [2.45, 2.75) is 0 Å². The standard InChI is InChI=1S/C20H13ClN2O2S/c21-16-9-10-17(19-18(16)22-12-26-19)23-20(24)13-5-4-8-15(11-13)25-14-6-2-1-3-7-14/h1-12H,(H,23,24). The maximum Gasteiger partial charge on any atom is 0.255 e. The van der Waals surface area contributed by atoms with Crippen molar-refractivity contribution in [3.63, 3.8) is 0 Å².